The highest BCUT2D eigenvalue weighted by Gasteiger charge is 2.31. The Balaban J connectivity index is 1.44. The number of hydrogen-bond donors (Lipinski definition) is 1. The molecular formula is C22H29N5O5. The molecule has 2 aliphatic heterocycles. The molecule has 1 atom stereocenters. The molecule has 172 valence electrons. The summed E-state index contributed by atoms with van der Waals surface area (Å²) in [5.41, 5.74) is 1.11. The molecule has 0 unspecified atom stereocenters. The summed E-state index contributed by atoms with van der Waals surface area (Å²) in [5, 5.41) is 7.10. The number of fused-ring (bicyclic) bond motifs is 1. The van der Waals surface area contributed by atoms with Crippen LogP contribution in [-0.4, -0.2) is 70.8 Å². The molecule has 0 saturated carbocycles. The van der Waals surface area contributed by atoms with E-state index >= 15 is 0 Å². The molecule has 1 aromatic heterocycles. The van der Waals surface area contributed by atoms with E-state index in [-0.39, 0.29) is 31.0 Å². The summed E-state index contributed by atoms with van der Waals surface area (Å²) in [7, 11) is 0. The van der Waals surface area contributed by atoms with Crippen molar-refractivity contribution in [3.63, 3.8) is 0 Å². The van der Waals surface area contributed by atoms with Gasteiger partial charge in [0.25, 0.3) is 0 Å². The summed E-state index contributed by atoms with van der Waals surface area (Å²) in [6.07, 6.45) is -0.0574. The molecule has 0 aliphatic carbocycles. The van der Waals surface area contributed by atoms with Crippen molar-refractivity contribution in [3.8, 4) is 0 Å². The number of rotatable bonds is 3. The zero-order valence-corrected chi connectivity index (χ0v) is 18.9. The second-order valence-corrected chi connectivity index (χ2v) is 9.35. The predicted molar refractivity (Wildman–Crippen MR) is 117 cm³/mol. The first kappa shape index (κ1) is 22.1. The van der Waals surface area contributed by atoms with E-state index in [2.05, 4.69) is 15.4 Å². The molecule has 10 nitrogen and oxygen atoms in total. The third-order valence-corrected chi connectivity index (χ3v) is 5.57. The molecule has 4 rings (SSSR count). The number of amides is 4. The zero-order chi connectivity index (χ0) is 23.0. The van der Waals surface area contributed by atoms with Crippen LogP contribution in [0, 0.1) is 0 Å². The topological polar surface area (TPSA) is 108 Å². The van der Waals surface area contributed by atoms with Crippen LogP contribution in [0.1, 0.15) is 39.7 Å². The highest BCUT2D eigenvalue weighted by Crippen LogP contribution is 2.29. The maximum absolute atomic E-state index is 12.5. The Morgan fingerprint density at radius 2 is 2.03 bits per heavy atom. The monoisotopic (exact) mass is 443 g/mol. The van der Waals surface area contributed by atoms with Gasteiger partial charge in [-0.2, -0.15) is 0 Å². The lowest BCUT2D eigenvalue weighted by atomic mass is 10.1. The number of aromatic nitrogens is 1. The first-order valence-electron chi connectivity index (χ1n) is 10.8. The third-order valence-electron chi connectivity index (χ3n) is 5.57. The van der Waals surface area contributed by atoms with Crippen LogP contribution in [0.2, 0.25) is 0 Å². The van der Waals surface area contributed by atoms with Gasteiger partial charge in [0.15, 0.2) is 11.4 Å². The molecule has 10 heteroatoms. The van der Waals surface area contributed by atoms with Crippen molar-refractivity contribution in [2.45, 2.75) is 52.3 Å². The Morgan fingerprint density at radius 1 is 1.25 bits per heavy atom. The lowest BCUT2D eigenvalue weighted by molar-refractivity contribution is -0.120. The van der Waals surface area contributed by atoms with Gasteiger partial charge in [0, 0.05) is 45.2 Å². The number of carbonyl (C=O) groups is 3. The highest BCUT2D eigenvalue weighted by atomic mass is 16.6. The zero-order valence-electron chi connectivity index (χ0n) is 18.9. The van der Waals surface area contributed by atoms with E-state index in [1.807, 2.05) is 45.9 Å². The summed E-state index contributed by atoms with van der Waals surface area (Å²) in [6.45, 7) is 10.6. The van der Waals surface area contributed by atoms with E-state index in [9.17, 15) is 14.4 Å². The lowest BCUT2D eigenvalue weighted by Crippen LogP contribution is -2.54. The van der Waals surface area contributed by atoms with Gasteiger partial charge >= 0.3 is 12.1 Å². The van der Waals surface area contributed by atoms with Crippen LogP contribution < -0.4 is 10.2 Å². The number of nitrogens with one attached hydrogen (secondary N) is 1. The summed E-state index contributed by atoms with van der Waals surface area (Å²) in [6, 6.07) is 5.32. The van der Waals surface area contributed by atoms with Crippen molar-refractivity contribution in [3.05, 3.63) is 23.8 Å². The molecule has 2 aliphatic rings. The predicted octanol–water partition coefficient (Wildman–Crippen LogP) is 2.72. The molecule has 3 heterocycles. The summed E-state index contributed by atoms with van der Waals surface area (Å²) in [5.74, 6) is 0.120. The fourth-order valence-corrected chi connectivity index (χ4v) is 4.06. The second kappa shape index (κ2) is 8.42. The largest absolute Gasteiger partial charge is 0.444 e. The van der Waals surface area contributed by atoms with Crippen molar-refractivity contribution >= 4 is 34.8 Å². The van der Waals surface area contributed by atoms with Crippen LogP contribution in [0.15, 0.2) is 22.7 Å². The molecule has 32 heavy (non-hydrogen) atoms. The van der Waals surface area contributed by atoms with Crippen LogP contribution >= 0.6 is 0 Å². The van der Waals surface area contributed by atoms with E-state index in [1.165, 1.54) is 4.90 Å². The Labute approximate surface area is 186 Å². The molecule has 2 aromatic rings. The van der Waals surface area contributed by atoms with Gasteiger partial charge in [-0.3, -0.25) is 19.9 Å². The number of nitrogens with zero attached hydrogens (tertiary/aromatic N) is 4. The van der Waals surface area contributed by atoms with Gasteiger partial charge in [0.1, 0.15) is 5.60 Å². The van der Waals surface area contributed by atoms with Gasteiger partial charge < -0.3 is 14.2 Å². The fraction of sp³-hybridized carbons (Fsp3) is 0.545. The van der Waals surface area contributed by atoms with E-state index in [4.69, 9.17) is 9.26 Å². The van der Waals surface area contributed by atoms with Crippen molar-refractivity contribution in [1.29, 1.82) is 0 Å². The van der Waals surface area contributed by atoms with Crippen LogP contribution in [-0.2, 0) is 16.1 Å². The molecule has 2 fully saturated rings. The summed E-state index contributed by atoms with van der Waals surface area (Å²) >= 11 is 0. The molecule has 1 aromatic carbocycles. The Hall–Kier alpha value is -3.14. The molecule has 1 N–H and O–H groups in total. The number of anilines is 1. The number of hydrogen-bond acceptors (Lipinski definition) is 7. The summed E-state index contributed by atoms with van der Waals surface area (Å²) < 4.78 is 10.9. The maximum Gasteiger partial charge on any atom is 0.410 e. The number of imide groups is 1. The van der Waals surface area contributed by atoms with Gasteiger partial charge in [-0.25, -0.2) is 9.59 Å². The van der Waals surface area contributed by atoms with Gasteiger partial charge in [0.2, 0.25) is 5.91 Å². The second-order valence-electron chi connectivity index (χ2n) is 9.35. The van der Waals surface area contributed by atoms with E-state index in [0.29, 0.717) is 24.5 Å². The van der Waals surface area contributed by atoms with Crippen molar-refractivity contribution in [1.82, 2.24) is 20.3 Å². The number of benzene rings is 1. The minimum atomic E-state index is -0.516. The van der Waals surface area contributed by atoms with Crippen molar-refractivity contribution < 1.29 is 23.6 Å². The van der Waals surface area contributed by atoms with Gasteiger partial charge in [-0.15, -0.1) is 0 Å². The number of ether oxygens (including phenoxy) is 1. The van der Waals surface area contributed by atoms with Crippen LogP contribution in [0.5, 0.6) is 0 Å². The molecule has 0 bridgehead atoms. The summed E-state index contributed by atoms with van der Waals surface area (Å²) in [4.78, 5) is 41.6. The van der Waals surface area contributed by atoms with Crippen molar-refractivity contribution in [2.24, 2.45) is 0 Å². The lowest BCUT2D eigenvalue weighted by Gasteiger charge is -2.40. The van der Waals surface area contributed by atoms with E-state index < -0.39 is 11.6 Å². The van der Waals surface area contributed by atoms with Crippen LogP contribution in [0.3, 0.4) is 0 Å². The number of urea groups is 1. The SMILES string of the molecule is C[C@H]1CN(Cc2ccc3onc(N4CCC(=O)NC4=O)c3c2)CCN1C(=O)OC(C)(C)C. The first-order chi connectivity index (χ1) is 15.1. The number of carbonyl (C=O) groups excluding carboxylic acids is 3. The van der Waals surface area contributed by atoms with Gasteiger partial charge in [0.05, 0.1) is 5.39 Å². The Morgan fingerprint density at radius 3 is 2.72 bits per heavy atom. The Kier molecular flexibility index (Phi) is 5.81. The minimum absolute atomic E-state index is 0.0306. The normalized spacial score (nSPS) is 20.6. The smallest absolute Gasteiger partial charge is 0.410 e. The quantitative estimate of drug-likeness (QED) is 0.777. The van der Waals surface area contributed by atoms with E-state index in [0.717, 1.165) is 24.0 Å². The molecule has 4 amide bonds. The van der Waals surface area contributed by atoms with Gasteiger partial charge in [-0.05, 0) is 45.4 Å². The minimum Gasteiger partial charge on any atom is -0.444 e. The standard InChI is InChI=1S/C22H29N5O5/c1-14-12-25(9-10-26(14)21(30)31-22(2,3)4)13-15-5-6-17-16(11-15)19(24-32-17)27-8-7-18(28)23-20(27)29/h5-6,11,14H,7-10,12-13H2,1-4H3,(H,23,28,29)/t14-/m0/s1. The average Bonchev–Trinajstić information content (AvgIpc) is 3.10. The molecule has 0 spiro atoms. The molecular weight excluding hydrogens is 414 g/mol. The first-order valence-corrected chi connectivity index (χ1v) is 10.8. The fourth-order valence-electron chi connectivity index (χ4n) is 4.06. The Bertz CT molecular complexity index is 1040. The van der Waals surface area contributed by atoms with Gasteiger partial charge in [-0.1, -0.05) is 11.2 Å². The molecule has 0 radical (unpaired) electrons. The average molecular weight is 444 g/mol. The maximum atomic E-state index is 12.5. The highest BCUT2D eigenvalue weighted by molar-refractivity contribution is 6.08. The third kappa shape index (κ3) is 4.69. The number of piperazine rings is 1. The van der Waals surface area contributed by atoms with Crippen LogP contribution in [0.25, 0.3) is 11.0 Å². The van der Waals surface area contributed by atoms with E-state index in [1.54, 1.807) is 4.90 Å². The van der Waals surface area contributed by atoms with Crippen molar-refractivity contribution in [2.75, 3.05) is 31.1 Å². The van der Waals surface area contributed by atoms with Crippen LogP contribution in [0.4, 0.5) is 15.4 Å². The molecule has 2 saturated heterocycles.